The van der Waals surface area contributed by atoms with Crippen molar-refractivity contribution in [3.8, 4) is 11.3 Å². The average molecular weight is 488 g/mol. The number of fused-ring (bicyclic) bond motifs is 2. The molecular formula is C27H33N7O2. The molecule has 4 aromatic rings. The summed E-state index contributed by atoms with van der Waals surface area (Å²) in [6, 6.07) is 6.18. The molecule has 2 aliphatic heterocycles. The highest BCUT2D eigenvalue weighted by Gasteiger charge is 2.30. The summed E-state index contributed by atoms with van der Waals surface area (Å²) in [6.07, 6.45) is 5.89. The fourth-order valence-electron chi connectivity index (χ4n) is 5.70. The molecule has 2 fully saturated rings. The molecule has 2 aliphatic rings. The maximum absolute atomic E-state index is 12.6. The number of imidazole rings is 1. The van der Waals surface area contributed by atoms with E-state index >= 15 is 0 Å². The second kappa shape index (κ2) is 9.20. The number of nitrogens with one attached hydrogen (secondary N) is 1. The summed E-state index contributed by atoms with van der Waals surface area (Å²) >= 11 is 0. The number of amides is 1. The van der Waals surface area contributed by atoms with E-state index in [1.54, 1.807) is 0 Å². The minimum absolute atomic E-state index is 0.0365. The lowest BCUT2D eigenvalue weighted by Crippen LogP contribution is -2.40. The lowest BCUT2D eigenvalue weighted by molar-refractivity contribution is -0.135. The molecule has 3 aromatic heterocycles. The van der Waals surface area contributed by atoms with Crippen LogP contribution in [0.5, 0.6) is 0 Å². The SMILES string of the molecule is Cc1nc2c(N3CCOCC3)nc(-c3cccc4[nH]ncc34)cn2c1C1CCN(C(=O)C(C)C)CC1. The lowest BCUT2D eigenvalue weighted by atomic mass is 9.91. The highest BCUT2D eigenvalue weighted by molar-refractivity contribution is 5.93. The quantitative estimate of drug-likeness (QED) is 0.471. The first-order valence-corrected chi connectivity index (χ1v) is 12.9. The van der Waals surface area contributed by atoms with Gasteiger partial charge in [0.25, 0.3) is 0 Å². The van der Waals surface area contributed by atoms with Crippen LogP contribution in [0.2, 0.25) is 0 Å². The Kier molecular flexibility index (Phi) is 5.87. The Morgan fingerprint density at radius 2 is 1.89 bits per heavy atom. The summed E-state index contributed by atoms with van der Waals surface area (Å²) in [5.74, 6) is 1.53. The minimum Gasteiger partial charge on any atom is -0.378 e. The number of ether oxygens (including phenoxy) is 1. The molecule has 0 unspecified atom stereocenters. The normalized spacial score (nSPS) is 17.6. The molecule has 0 bridgehead atoms. The predicted molar refractivity (Wildman–Crippen MR) is 139 cm³/mol. The summed E-state index contributed by atoms with van der Waals surface area (Å²) in [6.45, 7) is 10.6. The van der Waals surface area contributed by atoms with Crippen LogP contribution in [0, 0.1) is 12.8 Å². The number of hydrogen-bond donors (Lipinski definition) is 1. The first kappa shape index (κ1) is 23.0. The molecular weight excluding hydrogens is 454 g/mol. The number of aromatic amines is 1. The molecule has 2 saturated heterocycles. The molecule has 1 aromatic carbocycles. The van der Waals surface area contributed by atoms with Crippen LogP contribution in [0.3, 0.4) is 0 Å². The van der Waals surface area contributed by atoms with E-state index in [1.165, 1.54) is 5.69 Å². The van der Waals surface area contributed by atoms with E-state index in [1.807, 2.05) is 37.1 Å². The highest BCUT2D eigenvalue weighted by atomic mass is 16.5. The number of aryl methyl sites for hydroxylation is 1. The molecule has 0 atom stereocenters. The van der Waals surface area contributed by atoms with Crippen LogP contribution in [0.15, 0.2) is 30.6 Å². The van der Waals surface area contributed by atoms with Gasteiger partial charge in [0.05, 0.1) is 36.3 Å². The summed E-state index contributed by atoms with van der Waals surface area (Å²) in [5, 5.41) is 8.39. The Bertz CT molecular complexity index is 1410. The minimum atomic E-state index is 0.0365. The van der Waals surface area contributed by atoms with Crippen LogP contribution in [-0.2, 0) is 9.53 Å². The summed E-state index contributed by atoms with van der Waals surface area (Å²) in [4.78, 5) is 27.1. The van der Waals surface area contributed by atoms with Crippen molar-refractivity contribution in [2.75, 3.05) is 44.3 Å². The monoisotopic (exact) mass is 487 g/mol. The maximum atomic E-state index is 12.6. The van der Waals surface area contributed by atoms with Gasteiger partial charge in [0.2, 0.25) is 5.91 Å². The molecule has 0 spiro atoms. The van der Waals surface area contributed by atoms with Crippen molar-refractivity contribution in [2.45, 2.75) is 39.5 Å². The van der Waals surface area contributed by atoms with Gasteiger partial charge in [-0.1, -0.05) is 26.0 Å². The Morgan fingerprint density at radius 3 is 2.64 bits per heavy atom. The van der Waals surface area contributed by atoms with Gasteiger partial charge in [-0.3, -0.25) is 14.3 Å². The van der Waals surface area contributed by atoms with Crippen LogP contribution in [0.4, 0.5) is 5.82 Å². The van der Waals surface area contributed by atoms with Crippen LogP contribution < -0.4 is 4.90 Å². The number of likely N-dealkylation sites (tertiary alicyclic amines) is 1. The zero-order chi connectivity index (χ0) is 24.8. The van der Waals surface area contributed by atoms with Crippen molar-refractivity contribution in [1.82, 2.24) is 29.5 Å². The number of carbonyl (C=O) groups is 1. The summed E-state index contributed by atoms with van der Waals surface area (Å²) < 4.78 is 7.89. The van der Waals surface area contributed by atoms with Crippen molar-refractivity contribution in [3.63, 3.8) is 0 Å². The smallest absolute Gasteiger partial charge is 0.225 e. The molecule has 6 rings (SSSR count). The van der Waals surface area contributed by atoms with Crippen molar-refractivity contribution >= 4 is 28.3 Å². The predicted octanol–water partition coefficient (Wildman–Crippen LogP) is 3.78. The third kappa shape index (κ3) is 3.91. The van der Waals surface area contributed by atoms with Crippen molar-refractivity contribution in [2.24, 2.45) is 5.92 Å². The second-order valence-corrected chi connectivity index (χ2v) is 10.2. The van der Waals surface area contributed by atoms with Crippen LogP contribution in [-0.4, -0.2) is 74.8 Å². The van der Waals surface area contributed by atoms with E-state index in [-0.39, 0.29) is 11.8 Å². The summed E-state index contributed by atoms with van der Waals surface area (Å²) in [7, 11) is 0. The van der Waals surface area contributed by atoms with Gasteiger partial charge < -0.3 is 14.5 Å². The number of piperidine rings is 1. The van der Waals surface area contributed by atoms with E-state index < -0.39 is 0 Å². The number of nitrogens with zero attached hydrogens (tertiary/aromatic N) is 6. The topological polar surface area (TPSA) is 91.7 Å². The van der Waals surface area contributed by atoms with Crippen LogP contribution >= 0.6 is 0 Å². The Hall–Kier alpha value is -3.46. The molecule has 0 saturated carbocycles. The van der Waals surface area contributed by atoms with Gasteiger partial charge in [0.15, 0.2) is 11.5 Å². The highest BCUT2D eigenvalue weighted by Crippen LogP contribution is 2.36. The maximum Gasteiger partial charge on any atom is 0.225 e. The largest absolute Gasteiger partial charge is 0.378 e. The van der Waals surface area contributed by atoms with Gasteiger partial charge in [-0.15, -0.1) is 0 Å². The van der Waals surface area contributed by atoms with E-state index in [2.05, 4.69) is 38.7 Å². The first-order chi connectivity index (χ1) is 17.5. The Balaban J connectivity index is 1.46. The third-order valence-corrected chi connectivity index (χ3v) is 7.57. The van der Waals surface area contributed by atoms with Crippen LogP contribution in [0.1, 0.15) is 44.0 Å². The molecule has 9 heteroatoms. The summed E-state index contributed by atoms with van der Waals surface area (Å²) in [5.41, 5.74) is 6.12. The first-order valence-electron chi connectivity index (χ1n) is 12.9. The number of anilines is 1. The number of carbonyl (C=O) groups excluding carboxylic acids is 1. The number of morpholine rings is 1. The molecule has 0 aliphatic carbocycles. The van der Waals surface area contributed by atoms with Crippen LogP contribution in [0.25, 0.3) is 27.8 Å². The number of rotatable bonds is 4. The van der Waals surface area contributed by atoms with Gasteiger partial charge in [-0.25, -0.2) is 9.97 Å². The molecule has 5 heterocycles. The lowest BCUT2D eigenvalue weighted by Gasteiger charge is -2.33. The van der Waals surface area contributed by atoms with Gasteiger partial charge in [0.1, 0.15) is 0 Å². The number of benzene rings is 1. The van der Waals surface area contributed by atoms with E-state index in [4.69, 9.17) is 14.7 Å². The third-order valence-electron chi connectivity index (χ3n) is 7.57. The fraction of sp³-hybridized carbons (Fsp3) is 0.481. The Morgan fingerprint density at radius 1 is 1.11 bits per heavy atom. The van der Waals surface area contributed by atoms with E-state index in [9.17, 15) is 4.79 Å². The van der Waals surface area contributed by atoms with E-state index in [0.717, 1.165) is 78.3 Å². The molecule has 188 valence electrons. The van der Waals surface area contributed by atoms with Crippen molar-refractivity contribution in [3.05, 3.63) is 42.0 Å². The molecule has 9 nitrogen and oxygen atoms in total. The van der Waals surface area contributed by atoms with Gasteiger partial charge in [0, 0.05) is 60.9 Å². The zero-order valence-corrected chi connectivity index (χ0v) is 21.2. The molecule has 0 radical (unpaired) electrons. The van der Waals surface area contributed by atoms with E-state index in [0.29, 0.717) is 19.1 Å². The Labute approximate surface area is 210 Å². The standard InChI is InChI=1S/C27H33N7O2/c1-17(2)27(35)33-9-7-19(8-10-33)24-18(3)29-26-25(32-11-13-36-14-12-32)30-23(16-34(24)26)20-5-4-6-22-21(20)15-28-31-22/h4-6,15-17,19H,7-14H2,1-3H3,(H,28,31). The molecule has 36 heavy (non-hydrogen) atoms. The number of aromatic nitrogens is 5. The van der Waals surface area contributed by atoms with Gasteiger partial charge in [-0.05, 0) is 25.8 Å². The molecule has 1 N–H and O–H groups in total. The number of H-pyrrole nitrogens is 1. The van der Waals surface area contributed by atoms with Gasteiger partial charge in [-0.2, -0.15) is 5.10 Å². The zero-order valence-electron chi connectivity index (χ0n) is 21.2. The van der Waals surface area contributed by atoms with Crippen molar-refractivity contribution in [1.29, 1.82) is 0 Å². The molecule has 1 amide bonds. The van der Waals surface area contributed by atoms with Crippen molar-refractivity contribution < 1.29 is 9.53 Å². The van der Waals surface area contributed by atoms with Gasteiger partial charge >= 0.3 is 0 Å². The second-order valence-electron chi connectivity index (χ2n) is 10.2. The number of hydrogen-bond acceptors (Lipinski definition) is 6. The fourth-order valence-corrected chi connectivity index (χ4v) is 5.70. The average Bonchev–Trinajstić information content (AvgIpc) is 3.52.